The van der Waals surface area contributed by atoms with Crippen LogP contribution in [0.25, 0.3) is 0 Å². The maximum atomic E-state index is 12.5. The summed E-state index contributed by atoms with van der Waals surface area (Å²) in [6.45, 7) is 1.32. The summed E-state index contributed by atoms with van der Waals surface area (Å²) < 4.78 is 23.1. The van der Waals surface area contributed by atoms with E-state index in [1.54, 1.807) is 16.8 Å². The molecule has 2 aromatic rings. The van der Waals surface area contributed by atoms with Crippen molar-refractivity contribution in [1.82, 2.24) is 9.78 Å². The molecule has 0 unspecified atom stereocenters. The second kappa shape index (κ2) is 6.69. The highest BCUT2D eigenvalue weighted by molar-refractivity contribution is 6.06. The third-order valence-corrected chi connectivity index (χ3v) is 3.71. The topological polar surface area (TPSA) is 83.8 Å². The van der Waals surface area contributed by atoms with E-state index in [0.29, 0.717) is 41.0 Å². The quantitative estimate of drug-likeness (QED) is 0.900. The van der Waals surface area contributed by atoms with Crippen molar-refractivity contribution in [3.8, 4) is 23.1 Å². The second-order valence-corrected chi connectivity index (χ2v) is 5.16. The molecule has 3 rings (SSSR count). The van der Waals surface area contributed by atoms with E-state index < -0.39 is 0 Å². The molecule has 24 heavy (non-hydrogen) atoms. The molecule has 0 saturated carbocycles. The number of aromatic nitrogens is 2. The van der Waals surface area contributed by atoms with Crippen LogP contribution in [0.3, 0.4) is 0 Å². The maximum Gasteiger partial charge on any atom is 0.262 e. The van der Waals surface area contributed by atoms with Gasteiger partial charge in [0, 0.05) is 30.8 Å². The molecule has 1 amide bonds. The molecule has 0 aliphatic carbocycles. The van der Waals surface area contributed by atoms with Gasteiger partial charge in [0.15, 0.2) is 11.5 Å². The number of aryl methyl sites for hydroxylation is 1. The normalized spacial score (nSPS) is 12.8. The number of methoxy groups -OCH3 is 3. The number of carbonyl (C=O) groups excluding carboxylic acids is 1. The van der Waals surface area contributed by atoms with Crippen LogP contribution in [0.15, 0.2) is 18.3 Å². The average Bonchev–Trinajstić information content (AvgIpc) is 3.05. The van der Waals surface area contributed by atoms with Crippen LogP contribution in [0.1, 0.15) is 16.8 Å². The van der Waals surface area contributed by atoms with Crippen LogP contribution in [0.5, 0.6) is 23.1 Å². The van der Waals surface area contributed by atoms with Gasteiger partial charge >= 0.3 is 0 Å². The van der Waals surface area contributed by atoms with Crippen LogP contribution in [-0.2, 0) is 6.54 Å². The zero-order chi connectivity index (χ0) is 17.1. The standard InChI is InChI=1S/C16H19N3O5/c1-21-12-7-10(8-13(22-2)14(12)23-3)18-15(20)11-9-17-19-5-4-6-24-16(11)19/h7-9H,4-6H2,1-3H3,(H,18,20). The van der Waals surface area contributed by atoms with Crippen molar-refractivity contribution in [2.24, 2.45) is 0 Å². The second-order valence-electron chi connectivity index (χ2n) is 5.16. The molecule has 0 saturated heterocycles. The van der Waals surface area contributed by atoms with E-state index in [9.17, 15) is 4.79 Å². The van der Waals surface area contributed by atoms with E-state index in [2.05, 4.69) is 10.4 Å². The smallest absolute Gasteiger partial charge is 0.262 e. The van der Waals surface area contributed by atoms with Crippen LogP contribution in [-0.4, -0.2) is 43.6 Å². The van der Waals surface area contributed by atoms with E-state index in [4.69, 9.17) is 18.9 Å². The largest absolute Gasteiger partial charge is 0.493 e. The van der Waals surface area contributed by atoms with Gasteiger partial charge in [-0.15, -0.1) is 0 Å². The molecule has 1 aliphatic rings. The molecule has 1 aromatic carbocycles. The predicted octanol–water partition coefficient (Wildman–Crippen LogP) is 1.94. The molecule has 2 heterocycles. The summed E-state index contributed by atoms with van der Waals surface area (Å²) in [7, 11) is 4.56. The number of rotatable bonds is 5. The van der Waals surface area contributed by atoms with Gasteiger partial charge in [-0.3, -0.25) is 4.79 Å². The number of hydrogen-bond donors (Lipinski definition) is 1. The minimum absolute atomic E-state index is 0.313. The fourth-order valence-electron chi connectivity index (χ4n) is 2.58. The minimum Gasteiger partial charge on any atom is -0.493 e. The molecule has 0 fully saturated rings. The average molecular weight is 333 g/mol. The first-order valence-electron chi connectivity index (χ1n) is 7.48. The van der Waals surface area contributed by atoms with Crippen molar-refractivity contribution in [3.05, 3.63) is 23.9 Å². The highest BCUT2D eigenvalue weighted by Crippen LogP contribution is 2.40. The molecule has 0 spiro atoms. The first-order valence-corrected chi connectivity index (χ1v) is 7.48. The van der Waals surface area contributed by atoms with Crippen molar-refractivity contribution in [2.45, 2.75) is 13.0 Å². The maximum absolute atomic E-state index is 12.5. The Morgan fingerprint density at radius 3 is 2.54 bits per heavy atom. The molecule has 0 bridgehead atoms. The van der Waals surface area contributed by atoms with Gasteiger partial charge in [0.05, 0.1) is 34.1 Å². The number of anilines is 1. The fraction of sp³-hybridized carbons (Fsp3) is 0.375. The molecule has 1 aromatic heterocycles. The first kappa shape index (κ1) is 16.0. The van der Waals surface area contributed by atoms with Crippen molar-refractivity contribution in [1.29, 1.82) is 0 Å². The van der Waals surface area contributed by atoms with E-state index in [-0.39, 0.29) is 5.91 Å². The van der Waals surface area contributed by atoms with Crippen molar-refractivity contribution in [2.75, 3.05) is 33.3 Å². The number of hydrogen-bond acceptors (Lipinski definition) is 6. The SMILES string of the molecule is COc1cc(NC(=O)c2cnn3c2OCCC3)cc(OC)c1OC. The van der Waals surface area contributed by atoms with Gasteiger partial charge in [-0.1, -0.05) is 0 Å². The van der Waals surface area contributed by atoms with Crippen LogP contribution in [0.4, 0.5) is 5.69 Å². The number of nitrogens with one attached hydrogen (secondary N) is 1. The summed E-state index contributed by atoms with van der Waals surface area (Å²) in [5, 5.41) is 6.98. The number of ether oxygens (including phenoxy) is 4. The number of carbonyl (C=O) groups is 1. The lowest BCUT2D eigenvalue weighted by Crippen LogP contribution is -2.18. The predicted molar refractivity (Wildman–Crippen MR) is 86.4 cm³/mol. The highest BCUT2D eigenvalue weighted by atomic mass is 16.5. The Labute approximate surface area is 139 Å². The first-order chi connectivity index (χ1) is 11.7. The van der Waals surface area contributed by atoms with Crippen molar-refractivity contribution in [3.63, 3.8) is 0 Å². The van der Waals surface area contributed by atoms with Crippen LogP contribution in [0.2, 0.25) is 0 Å². The Morgan fingerprint density at radius 1 is 1.21 bits per heavy atom. The third-order valence-electron chi connectivity index (χ3n) is 3.71. The lowest BCUT2D eigenvalue weighted by Gasteiger charge is -2.16. The molecule has 0 radical (unpaired) electrons. The summed E-state index contributed by atoms with van der Waals surface area (Å²) in [5.41, 5.74) is 0.911. The van der Waals surface area contributed by atoms with E-state index in [1.807, 2.05) is 0 Å². The van der Waals surface area contributed by atoms with Crippen LogP contribution >= 0.6 is 0 Å². The minimum atomic E-state index is -0.313. The van der Waals surface area contributed by atoms with Gasteiger partial charge < -0.3 is 24.3 Å². The van der Waals surface area contributed by atoms with Gasteiger partial charge in [-0.05, 0) is 0 Å². The van der Waals surface area contributed by atoms with Gasteiger partial charge in [0.1, 0.15) is 5.56 Å². The van der Waals surface area contributed by atoms with Crippen molar-refractivity contribution < 1.29 is 23.7 Å². The Hall–Kier alpha value is -2.90. The van der Waals surface area contributed by atoms with Crippen LogP contribution in [0, 0.1) is 0 Å². The monoisotopic (exact) mass is 333 g/mol. The number of fused-ring (bicyclic) bond motifs is 1. The summed E-state index contributed by atoms with van der Waals surface area (Å²) in [5.74, 6) is 1.56. The van der Waals surface area contributed by atoms with Gasteiger partial charge in [-0.25, -0.2) is 4.68 Å². The lowest BCUT2D eigenvalue weighted by atomic mass is 10.2. The molecule has 128 valence electrons. The molecule has 1 N–H and O–H groups in total. The zero-order valence-electron chi connectivity index (χ0n) is 13.8. The molecule has 8 heteroatoms. The highest BCUT2D eigenvalue weighted by Gasteiger charge is 2.22. The summed E-state index contributed by atoms with van der Waals surface area (Å²) in [6.07, 6.45) is 2.39. The molecule has 0 atom stereocenters. The summed E-state index contributed by atoms with van der Waals surface area (Å²) in [4.78, 5) is 12.5. The molecular formula is C16H19N3O5. The van der Waals surface area contributed by atoms with Gasteiger partial charge in [0.25, 0.3) is 5.91 Å². The van der Waals surface area contributed by atoms with Crippen molar-refractivity contribution >= 4 is 11.6 Å². The molecular weight excluding hydrogens is 314 g/mol. The Bertz CT molecular complexity index is 731. The fourth-order valence-corrected chi connectivity index (χ4v) is 2.58. The third kappa shape index (κ3) is 2.82. The van der Waals surface area contributed by atoms with E-state index >= 15 is 0 Å². The summed E-state index contributed by atoms with van der Waals surface area (Å²) >= 11 is 0. The summed E-state index contributed by atoms with van der Waals surface area (Å²) in [6, 6.07) is 3.33. The van der Waals surface area contributed by atoms with Gasteiger partial charge in [-0.2, -0.15) is 5.10 Å². The number of nitrogens with zero attached hydrogens (tertiary/aromatic N) is 2. The van der Waals surface area contributed by atoms with Gasteiger partial charge in [0.2, 0.25) is 11.6 Å². The number of benzene rings is 1. The Kier molecular flexibility index (Phi) is 4.45. The zero-order valence-corrected chi connectivity index (χ0v) is 13.8. The molecule has 1 aliphatic heterocycles. The number of amides is 1. The van der Waals surface area contributed by atoms with E-state index in [1.165, 1.54) is 27.5 Å². The molecule has 8 nitrogen and oxygen atoms in total. The lowest BCUT2D eigenvalue weighted by molar-refractivity contribution is 0.102. The Balaban J connectivity index is 1.88. The van der Waals surface area contributed by atoms with E-state index in [0.717, 1.165) is 13.0 Å². The van der Waals surface area contributed by atoms with Crippen LogP contribution < -0.4 is 24.3 Å². The Morgan fingerprint density at radius 2 is 1.92 bits per heavy atom.